The number of nitrogens with one attached hydrogen (secondary N) is 2. The van der Waals surface area contributed by atoms with Crippen LogP contribution in [0.2, 0.25) is 0 Å². The minimum Gasteiger partial charge on any atom is -0.370 e. The van der Waals surface area contributed by atoms with Crippen LogP contribution in [-0.2, 0) is 17.1 Å². The molecule has 1 saturated heterocycles. The number of pyridine rings is 1. The Kier molecular flexibility index (Phi) is 7.90. The van der Waals surface area contributed by atoms with E-state index < -0.39 is 10.0 Å². The van der Waals surface area contributed by atoms with E-state index in [4.69, 9.17) is 0 Å². The first-order valence-electron chi connectivity index (χ1n) is 14.2. The summed E-state index contributed by atoms with van der Waals surface area (Å²) in [7, 11) is 0.413. The molecule has 0 aromatic carbocycles. The summed E-state index contributed by atoms with van der Waals surface area (Å²) in [5.41, 5.74) is 3.25. The molecular weight excluding hydrogens is 552 g/mol. The molecule has 0 bridgehead atoms. The Labute approximate surface area is 245 Å². The monoisotopic (exact) mass is 586 g/mol. The SMILES string of the molecule is CNCCC1CCN(c2cc(Nc3ccnc(-c4cnn(S(=O)(=O)C5CC5)c4)n3)ncc2C#Cc2cnn(C)c2)CC1. The zero-order valence-electron chi connectivity index (χ0n) is 23.7. The third-order valence-corrected chi connectivity index (χ3v) is 9.66. The lowest BCUT2D eigenvalue weighted by molar-refractivity contribution is 0.378. The fraction of sp³-hybridized carbons (Fsp3) is 0.414. The zero-order chi connectivity index (χ0) is 29.1. The second-order valence-electron chi connectivity index (χ2n) is 10.8. The van der Waals surface area contributed by atoms with E-state index in [1.165, 1.54) is 18.8 Å². The molecule has 0 radical (unpaired) electrons. The van der Waals surface area contributed by atoms with Crippen LogP contribution in [0.25, 0.3) is 11.4 Å². The molecule has 1 saturated carbocycles. The van der Waals surface area contributed by atoms with Crippen LogP contribution in [0, 0.1) is 17.8 Å². The Morgan fingerprint density at radius 3 is 2.57 bits per heavy atom. The van der Waals surface area contributed by atoms with E-state index in [2.05, 4.69) is 52.5 Å². The van der Waals surface area contributed by atoms with Crippen molar-refractivity contribution in [1.29, 1.82) is 0 Å². The molecule has 0 unspecified atom stereocenters. The molecule has 0 spiro atoms. The minimum absolute atomic E-state index is 0.351. The van der Waals surface area contributed by atoms with Crippen molar-refractivity contribution >= 4 is 27.3 Å². The Morgan fingerprint density at radius 2 is 1.83 bits per heavy atom. The topological polar surface area (TPSA) is 136 Å². The predicted molar refractivity (Wildman–Crippen MR) is 161 cm³/mol. The van der Waals surface area contributed by atoms with Crippen molar-refractivity contribution in [2.24, 2.45) is 13.0 Å². The number of anilines is 3. The van der Waals surface area contributed by atoms with Gasteiger partial charge in [0.25, 0.3) is 10.0 Å². The first-order valence-corrected chi connectivity index (χ1v) is 15.7. The molecule has 1 aliphatic heterocycles. The molecule has 0 amide bonds. The van der Waals surface area contributed by atoms with Crippen molar-refractivity contribution in [3.8, 4) is 23.2 Å². The van der Waals surface area contributed by atoms with Gasteiger partial charge in [-0.3, -0.25) is 4.68 Å². The average molecular weight is 587 g/mol. The summed E-state index contributed by atoms with van der Waals surface area (Å²) < 4.78 is 27.9. The van der Waals surface area contributed by atoms with Gasteiger partial charge in [0.05, 0.1) is 46.2 Å². The smallest absolute Gasteiger partial charge is 0.256 e. The number of nitrogens with zero attached hydrogens (tertiary/aromatic N) is 8. The van der Waals surface area contributed by atoms with Crippen LogP contribution in [-0.4, -0.2) is 74.3 Å². The van der Waals surface area contributed by atoms with Crippen molar-refractivity contribution < 1.29 is 8.42 Å². The van der Waals surface area contributed by atoms with Gasteiger partial charge in [0.15, 0.2) is 5.82 Å². The lowest BCUT2D eigenvalue weighted by Gasteiger charge is -2.34. The molecule has 1 aliphatic carbocycles. The Bertz CT molecular complexity index is 1720. The van der Waals surface area contributed by atoms with E-state index in [9.17, 15) is 8.42 Å². The maximum atomic E-state index is 12.5. The largest absolute Gasteiger partial charge is 0.370 e. The molecule has 2 fully saturated rings. The van der Waals surface area contributed by atoms with Gasteiger partial charge in [-0.05, 0) is 57.7 Å². The highest BCUT2D eigenvalue weighted by molar-refractivity contribution is 7.90. The lowest BCUT2D eigenvalue weighted by Crippen LogP contribution is -2.35. The van der Waals surface area contributed by atoms with E-state index in [-0.39, 0.29) is 5.25 Å². The average Bonchev–Trinajstić information content (AvgIpc) is 3.60. The van der Waals surface area contributed by atoms with Crippen molar-refractivity contribution in [1.82, 2.24) is 39.2 Å². The van der Waals surface area contributed by atoms with Gasteiger partial charge in [-0.1, -0.05) is 11.8 Å². The van der Waals surface area contributed by atoms with Gasteiger partial charge in [0, 0.05) is 44.8 Å². The predicted octanol–water partition coefficient (Wildman–Crippen LogP) is 2.78. The van der Waals surface area contributed by atoms with Crippen LogP contribution >= 0.6 is 0 Å². The fourth-order valence-corrected chi connectivity index (χ4v) is 6.56. The summed E-state index contributed by atoms with van der Waals surface area (Å²) in [5.74, 6) is 8.77. The summed E-state index contributed by atoms with van der Waals surface area (Å²) in [5, 5.41) is 14.5. The quantitative estimate of drug-likeness (QED) is 0.282. The number of hydrogen-bond donors (Lipinski definition) is 2. The maximum Gasteiger partial charge on any atom is 0.256 e. The van der Waals surface area contributed by atoms with Gasteiger partial charge in [-0.15, -0.1) is 0 Å². The van der Waals surface area contributed by atoms with Gasteiger partial charge in [-0.25, -0.2) is 23.4 Å². The maximum absolute atomic E-state index is 12.5. The third kappa shape index (κ3) is 6.29. The molecule has 4 aromatic rings. The number of aryl methyl sites for hydroxylation is 1. The standard InChI is InChI=1S/C29H34N10O2S/c1-30-11-7-21-9-13-38(14-10-21)26-15-28(32-17-23(26)4-3-22-16-33-37(2)19-22)35-27-8-12-31-29(36-27)24-18-34-39(20-24)42(40,41)25-5-6-25/h8,12,15-21,25,30H,5-7,9-11,13-14H2,1-2H3,(H,31,32,35,36). The van der Waals surface area contributed by atoms with Crippen LogP contribution in [0.15, 0.2) is 49.3 Å². The highest BCUT2D eigenvalue weighted by atomic mass is 32.2. The number of hydrogen-bond acceptors (Lipinski definition) is 10. The van der Waals surface area contributed by atoms with Crippen molar-refractivity contribution in [3.63, 3.8) is 0 Å². The van der Waals surface area contributed by atoms with Gasteiger partial charge in [-0.2, -0.15) is 14.3 Å². The molecule has 42 heavy (non-hydrogen) atoms. The van der Waals surface area contributed by atoms with Crippen molar-refractivity contribution in [2.45, 2.75) is 37.4 Å². The molecule has 12 nitrogen and oxygen atoms in total. The van der Waals surface area contributed by atoms with Crippen molar-refractivity contribution in [2.75, 3.05) is 36.9 Å². The van der Waals surface area contributed by atoms with Gasteiger partial charge >= 0.3 is 0 Å². The summed E-state index contributed by atoms with van der Waals surface area (Å²) in [6.07, 6.45) is 14.8. The van der Waals surface area contributed by atoms with E-state index in [0.29, 0.717) is 41.8 Å². The van der Waals surface area contributed by atoms with E-state index >= 15 is 0 Å². The van der Waals surface area contributed by atoms with E-state index in [1.807, 2.05) is 26.4 Å². The number of aromatic nitrogens is 7. The summed E-state index contributed by atoms with van der Waals surface area (Å²) in [4.78, 5) is 16.0. The lowest BCUT2D eigenvalue weighted by atomic mass is 9.93. The fourth-order valence-electron chi connectivity index (χ4n) is 5.08. The molecule has 0 atom stereocenters. The third-order valence-electron chi connectivity index (χ3n) is 7.62. The Hall–Kier alpha value is -4.28. The van der Waals surface area contributed by atoms with Crippen LogP contribution in [0.4, 0.5) is 17.3 Å². The second-order valence-corrected chi connectivity index (χ2v) is 12.9. The normalized spacial score (nSPS) is 15.8. The molecule has 2 aliphatic rings. The van der Waals surface area contributed by atoms with Crippen molar-refractivity contribution in [3.05, 3.63) is 60.4 Å². The van der Waals surface area contributed by atoms with E-state index in [0.717, 1.165) is 53.4 Å². The molecule has 4 aromatic heterocycles. The molecule has 2 N–H and O–H groups in total. The van der Waals surface area contributed by atoms with Gasteiger partial charge < -0.3 is 15.5 Å². The van der Waals surface area contributed by atoms with E-state index in [1.54, 1.807) is 29.3 Å². The molecule has 218 valence electrons. The molecule has 13 heteroatoms. The minimum atomic E-state index is -3.46. The Morgan fingerprint density at radius 1 is 1.00 bits per heavy atom. The second kappa shape index (κ2) is 11.9. The Balaban J connectivity index is 1.24. The van der Waals surface area contributed by atoms with Gasteiger partial charge in [0.2, 0.25) is 0 Å². The first kappa shape index (κ1) is 27.9. The van der Waals surface area contributed by atoms with Crippen LogP contribution in [0.5, 0.6) is 0 Å². The summed E-state index contributed by atoms with van der Waals surface area (Å²) in [6.45, 7) is 2.93. The van der Waals surface area contributed by atoms with Crippen LogP contribution in [0.3, 0.4) is 0 Å². The molecule has 5 heterocycles. The number of rotatable bonds is 9. The molecular formula is C29H34N10O2S. The molecule has 6 rings (SSSR count). The van der Waals surface area contributed by atoms with Crippen LogP contribution < -0.4 is 15.5 Å². The number of piperidine rings is 1. The first-order chi connectivity index (χ1) is 20.4. The van der Waals surface area contributed by atoms with Gasteiger partial charge in [0.1, 0.15) is 11.6 Å². The summed E-state index contributed by atoms with van der Waals surface area (Å²) >= 11 is 0. The highest BCUT2D eigenvalue weighted by Crippen LogP contribution is 2.31. The zero-order valence-corrected chi connectivity index (χ0v) is 24.5. The van der Waals surface area contributed by atoms with Crippen LogP contribution in [0.1, 0.15) is 43.2 Å². The summed E-state index contributed by atoms with van der Waals surface area (Å²) in [6, 6.07) is 3.77. The highest BCUT2D eigenvalue weighted by Gasteiger charge is 2.37.